The molecule has 2 aromatic carbocycles. The molecule has 2 nitrogen and oxygen atoms in total. The molecule has 2 N–H and O–H groups in total. The van der Waals surface area contributed by atoms with Gasteiger partial charge in [-0.05, 0) is 46.1 Å². The van der Waals surface area contributed by atoms with Gasteiger partial charge in [-0.1, -0.05) is 29.8 Å². The lowest BCUT2D eigenvalue weighted by atomic mass is 9.83. The highest BCUT2D eigenvalue weighted by Crippen LogP contribution is 2.41. The van der Waals surface area contributed by atoms with Gasteiger partial charge in [-0.15, -0.1) is 0 Å². The third-order valence-corrected chi connectivity index (χ3v) is 5.03. The minimum atomic E-state index is -0.458. The average molecular weight is 371 g/mol. The summed E-state index contributed by atoms with van der Waals surface area (Å²) in [5, 5.41) is 0.460. The van der Waals surface area contributed by atoms with E-state index in [-0.39, 0.29) is 11.7 Å². The molecule has 0 amide bonds. The van der Waals surface area contributed by atoms with Crippen LogP contribution in [0.2, 0.25) is 5.02 Å². The predicted octanol–water partition coefficient (Wildman–Crippen LogP) is 4.81. The first-order chi connectivity index (χ1) is 10.1. The Kier molecular flexibility index (Phi) is 4.20. The number of halogens is 3. The molecular weight excluding hydrogens is 357 g/mol. The van der Waals surface area contributed by atoms with E-state index in [1.165, 1.54) is 6.07 Å². The van der Waals surface area contributed by atoms with Gasteiger partial charge in [0.2, 0.25) is 0 Å². The van der Waals surface area contributed by atoms with Gasteiger partial charge in [0.1, 0.15) is 11.6 Å². The zero-order valence-corrected chi connectivity index (χ0v) is 13.5. The van der Waals surface area contributed by atoms with Crippen molar-refractivity contribution in [3.8, 4) is 5.75 Å². The molecule has 0 spiro atoms. The van der Waals surface area contributed by atoms with Gasteiger partial charge in [0.15, 0.2) is 0 Å². The summed E-state index contributed by atoms with van der Waals surface area (Å²) in [4.78, 5) is 0. The number of ether oxygens (including phenoxy) is 1. The molecule has 0 saturated heterocycles. The van der Waals surface area contributed by atoms with E-state index in [0.29, 0.717) is 21.7 Å². The maximum Gasteiger partial charge on any atom is 0.129 e. The van der Waals surface area contributed by atoms with Crippen molar-refractivity contribution in [3.05, 3.63) is 62.8 Å². The first kappa shape index (κ1) is 14.8. The van der Waals surface area contributed by atoms with Crippen LogP contribution in [0.5, 0.6) is 5.75 Å². The van der Waals surface area contributed by atoms with Crippen LogP contribution in [0.4, 0.5) is 4.39 Å². The number of para-hydroxylation sites is 1. The van der Waals surface area contributed by atoms with Gasteiger partial charge in [0, 0.05) is 22.0 Å². The summed E-state index contributed by atoms with van der Waals surface area (Å²) >= 11 is 9.29. The predicted molar refractivity (Wildman–Crippen MR) is 85.3 cm³/mol. The molecule has 0 fully saturated rings. The molecule has 0 saturated carbocycles. The smallest absolute Gasteiger partial charge is 0.129 e. The van der Waals surface area contributed by atoms with E-state index in [0.717, 1.165) is 17.7 Å². The van der Waals surface area contributed by atoms with Crippen LogP contribution in [-0.2, 0) is 0 Å². The topological polar surface area (TPSA) is 35.2 Å². The Labute approximate surface area is 136 Å². The minimum Gasteiger partial charge on any atom is -0.493 e. The standard InChI is InChI=1S/C16H14BrClFNO/c17-12-8-14(19)11(7-13(12)18)16(20)10-5-6-21-15-4-2-1-3-9(10)15/h1-4,7-8,10,16H,5-6,20H2. The highest BCUT2D eigenvalue weighted by atomic mass is 79.9. The maximum absolute atomic E-state index is 14.2. The van der Waals surface area contributed by atoms with E-state index in [9.17, 15) is 4.39 Å². The molecule has 0 bridgehead atoms. The molecule has 2 unspecified atom stereocenters. The van der Waals surface area contributed by atoms with Gasteiger partial charge in [0.05, 0.1) is 11.6 Å². The summed E-state index contributed by atoms with van der Waals surface area (Å²) in [7, 11) is 0. The molecule has 2 aromatic rings. The van der Waals surface area contributed by atoms with Crippen LogP contribution in [0.1, 0.15) is 29.5 Å². The first-order valence-electron chi connectivity index (χ1n) is 6.69. The maximum atomic E-state index is 14.2. The minimum absolute atomic E-state index is 0.0155. The van der Waals surface area contributed by atoms with E-state index in [4.69, 9.17) is 22.1 Å². The Balaban J connectivity index is 2.00. The number of rotatable bonds is 2. The Hall–Kier alpha value is -1.10. The zero-order chi connectivity index (χ0) is 15.0. The van der Waals surface area contributed by atoms with Crippen molar-refractivity contribution in [1.82, 2.24) is 0 Å². The Bertz CT molecular complexity index is 679. The summed E-state index contributed by atoms with van der Waals surface area (Å²) in [6, 6.07) is 10.3. The van der Waals surface area contributed by atoms with Crippen molar-refractivity contribution < 1.29 is 9.13 Å². The summed E-state index contributed by atoms with van der Waals surface area (Å²) in [5.41, 5.74) is 7.79. The van der Waals surface area contributed by atoms with Crippen LogP contribution in [0.15, 0.2) is 40.9 Å². The summed E-state index contributed by atoms with van der Waals surface area (Å²) in [5.74, 6) is 0.497. The lowest BCUT2D eigenvalue weighted by Crippen LogP contribution is -2.26. The zero-order valence-electron chi connectivity index (χ0n) is 11.2. The van der Waals surface area contributed by atoms with Gasteiger partial charge >= 0.3 is 0 Å². The fraction of sp³-hybridized carbons (Fsp3) is 0.250. The van der Waals surface area contributed by atoms with Gasteiger partial charge in [-0.25, -0.2) is 4.39 Å². The summed E-state index contributed by atoms with van der Waals surface area (Å²) in [6.07, 6.45) is 0.755. The molecule has 0 radical (unpaired) electrons. The molecule has 3 rings (SSSR count). The number of fused-ring (bicyclic) bond motifs is 1. The fourth-order valence-electron chi connectivity index (χ4n) is 2.75. The van der Waals surface area contributed by atoms with E-state index in [1.54, 1.807) is 6.07 Å². The van der Waals surface area contributed by atoms with E-state index in [2.05, 4.69) is 15.9 Å². The van der Waals surface area contributed by atoms with Crippen molar-refractivity contribution in [3.63, 3.8) is 0 Å². The van der Waals surface area contributed by atoms with Gasteiger partial charge in [0.25, 0.3) is 0 Å². The number of nitrogens with two attached hydrogens (primary N) is 1. The van der Waals surface area contributed by atoms with Crippen LogP contribution >= 0.6 is 27.5 Å². The van der Waals surface area contributed by atoms with Gasteiger partial charge < -0.3 is 10.5 Å². The van der Waals surface area contributed by atoms with Crippen molar-refractivity contribution >= 4 is 27.5 Å². The number of hydrogen-bond acceptors (Lipinski definition) is 2. The second-order valence-electron chi connectivity index (χ2n) is 5.10. The van der Waals surface area contributed by atoms with Crippen LogP contribution in [0.25, 0.3) is 0 Å². The molecule has 1 aliphatic rings. The molecule has 110 valence electrons. The highest BCUT2D eigenvalue weighted by molar-refractivity contribution is 9.10. The Morgan fingerprint density at radius 3 is 2.90 bits per heavy atom. The lowest BCUT2D eigenvalue weighted by Gasteiger charge is -2.30. The number of hydrogen-bond donors (Lipinski definition) is 1. The highest BCUT2D eigenvalue weighted by Gasteiger charge is 2.29. The van der Waals surface area contributed by atoms with E-state index < -0.39 is 6.04 Å². The molecular formula is C16H14BrClFNO. The fourth-order valence-corrected chi connectivity index (χ4v) is 3.24. The van der Waals surface area contributed by atoms with Crippen LogP contribution in [0, 0.1) is 5.82 Å². The van der Waals surface area contributed by atoms with E-state index >= 15 is 0 Å². The number of benzene rings is 2. The summed E-state index contributed by atoms with van der Waals surface area (Å²) < 4.78 is 20.4. The molecule has 21 heavy (non-hydrogen) atoms. The van der Waals surface area contributed by atoms with Crippen LogP contribution in [-0.4, -0.2) is 6.61 Å². The molecule has 1 heterocycles. The van der Waals surface area contributed by atoms with Gasteiger partial charge in [-0.3, -0.25) is 0 Å². The monoisotopic (exact) mass is 369 g/mol. The molecule has 5 heteroatoms. The largest absolute Gasteiger partial charge is 0.493 e. The molecule has 2 atom stereocenters. The van der Waals surface area contributed by atoms with Crippen LogP contribution < -0.4 is 10.5 Å². The normalized spacial score (nSPS) is 18.8. The Morgan fingerprint density at radius 1 is 1.33 bits per heavy atom. The second kappa shape index (κ2) is 5.95. The van der Waals surface area contributed by atoms with E-state index in [1.807, 2.05) is 24.3 Å². The van der Waals surface area contributed by atoms with Crippen molar-refractivity contribution in [1.29, 1.82) is 0 Å². The molecule has 0 aliphatic carbocycles. The second-order valence-corrected chi connectivity index (χ2v) is 6.36. The SMILES string of the molecule is NC(c1cc(Cl)c(Br)cc1F)C1CCOc2ccccc21. The van der Waals surface area contributed by atoms with Gasteiger partial charge in [-0.2, -0.15) is 0 Å². The Morgan fingerprint density at radius 2 is 2.10 bits per heavy atom. The lowest BCUT2D eigenvalue weighted by molar-refractivity contribution is 0.254. The van der Waals surface area contributed by atoms with Crippen molar-refractivity contribution in [2.24, 2.45) is 5.73 Å². The quantitative estimate of drug-likeness (QED) is 0.770. The van der Waals surface area contributed by atoms with Crippen LogP contribution in [0.3, 0.4) is 0 Å². The third kappa shape index (κ3) is 2.80. The molecule has 1 aliphatic heterocycles. The van der Waals surface area contributed by atoms with Crippen molar-refractivity contribution in [2.45, 2.75) is 18.4 Å². The first-order valence-corrected chi connectivity index (χ1v) is 7.87. The average Bonchev–Trinajstić information content (AvgIpc) is 2.49. The summed E-state index contributed by atoms with van der Waals surface area (Å²) in [6.45, 7) is 0.585. The third-order valence-electron chi connectivity index (χ3n) is 3.84. The van der Waals surface area contributed by atoms with Crippen molar-refractivity contribution in [2.75, 3.05) is 6.61 Å². The molecule has 0 aromatic heterocycles.